The first-order valence-corrected chi connectivity index (χ1v) is 6.26. The van der Waals surface area contributed by atoms with Crippen LogP contribution in [0, 0.1) is 10.1 Å². The van der Waals surface area contributed by atoms with E-state index >= 15 is 0 Å². The van der Waals surface area contributed by atoms with E-state index in [1.54, 1.807) is 6.07 Å². The molecular formula is C12H16N4O4. The molecule has 0 radical (unpaired) electrons. The van der Waals surface area contributed by atoms with E-state index in [9.17, 15) is 14.9 Å². The average molecular weight is 280 g/mol. The molecule has 1 aromatic rings. The first kappa shape index (κ1) is 14.0. The van der Waals surface area contributed by atoms with Crippen molar-refractivity contribution in [2.75, 3.05) is 18.0 Å². The van der Waals surface area contributed by atoms with Crippen molar-refractivity contribution < 1.29 is 14.8 Å². The highest BCUT2D eigenvalue weighted by Gasteiger charge is 2.33. The van der Waals surface area contributed by atoms with Gasteiger partial charge in [0.2, 0.25) is 0 Å². The lowest BCUT2D eigenvalue weighted by atomic mass is 10.1. The number of hydrogen-bond donors (Lipinski definition) is 1. The quantitative estimate of drug-likeness (QED) is 0.652. The molecule has 2 heterocycles. The van der Waals surface area contributed by atoms with E-state index < -0.39 is 11.0 Å². The van der Waals surface area contributed by atoms with E-state index in [-0.39, 0.29) is 17.8 Å². The fourth-order valence-electron chi connectivity index (χ4n) is 2.56. The van der Waals surface area contributed by atoms with Gasteiger partial charge in [-0.15, -0.1) is 0 Å². The van der Waals surface area contributed by atoms with Crippen molar-refractivity contribution in [3.8, 4) is 0 Å². The normalized spacial score (nSPS) is 22.7. The van der Waals surface area contributed by atoms with Crippen molar-refractivity contribution in [2.45, 2.75) is 25.9 Å². The molecule has 1 aliphatic rings. The molecule has 1 saturated heterocycles. The van der Waals surface area contributed by atoms with Gasteiger partial charge in [0.25, 0.3) is 5.69 Å². The second-order valence-corrected chi connectivity index (χ2v) is 4.92. The van der Waals surface area contributed by atoms with Crippen LogP contribution < -0.4 is 4.90 Å². The van der Waals surface area contributed by atoms with Crippen LogP contribution in [0.1, 0.15) is 13.8 Å². The topological polar surface area (TPSA) is 99.8 Å². The summed E-state index contributed by atoms with van der Waals surface area (Å²) in [5, 5.41) is 19.7. The minimum absolute atomic E-state index is 0.0565. The lowest BCUT2D eigenvalue weighted by Gasteiger charge is -2.43. The average Bonchev–Trinajstić information content (AvgIpc) is 2.37. The van der Waals surface area contributed by atoms with Crippen LogP contribution in [0.5, 0.6) is 0 Å². The Bertz CT molecular complexity index is 507. The minimum Gasteiger partial charge on any atom is -0.465 e. The highest BCUT2D eigenvalue weighted by Crippen LogP contribution is 2.22. The second kappa shape index (κ2) is 5.32. The van der Waals surface area contributed by atoms with E-state index in [2.05, 4.69) is 4.98 Å². The number of nitrogens with zero attached hydrogens (tertiary/aromatic N) is 4. The molecular weight excluding hydrogens is 264 g/mol. The Balaban J connectivity index is 2.15. The molecule has 0 saturated carbocycles. The molecule has 1 aromatic heterocycles. The standard InChI is InChI=1S/C12H16N4O4/c1-8-6-14(7-9(2)15(8)12(17)18)11-4-3-10(5-13-11)16(19)20/h3-5,8-9H,6-7H2,1-2H3,(H,17,18)/t8-,9+. The smallest absolute Gasteiger partial charge is 0.407 e. The molecule has 0 aromatic carbocycles. The van der Waals surface area contributed by atoms with Crippen LogP contribution in [0.25, 0.3) is 0 Å². The van der Waals surface area contributed by atoms with Crippen molar-refractivity contribution in [2.24, 2.45) is 0 Å². The van der Waals surface area contributed by atoms with Gasteiger partial charge in [-0.05, 0) is 19.9 Å². The largest absolute Gasteiger partial charge is 0.465 e. The molecule has 1 amide bonds. The molecule has 1 aliphatic heterocycles. The Morgan fingerprint density at radius 2 is 2.00 bits per heavy atom. The predicted octanol–water partition coefficient (Wildman–Crippen LogP) is 1.57. The van der Waals surface area contributed by atoms with E-state index in [1.807, 2.05) is 18.7 Å². The number of piperazine rings is 1. The summed E-state index contributed by atoms with van der Waals surface area (Å²) in [6, 6.07) is 2.68. The maximum absolute atomic E-state index is 11.2. The number of aromatic nitrogens is 1. The summed E-state index contributed by atoms with van der Waals surface area (Å²) in [6.07, 6.45) is 0.287. The van der Waals surface area contributed by atoms with Gasteiger partial charge >= 0.3 is 6.09 Å². The molecule has 0 bridgehead atoms. The number of hydrogen-bond acceptors (Lipinski definition) is 5. The van der Waals surface area contributed by atoms with Crippen molar-refractivity contribution in [1.29, 1.82) is 0 Å². The molecule has 1 fully saturated rings. The monoisotopic (exact) mass is 280 g/mol. The Labute approximate surface area is 115 Å². The van der Waals surface area contributed by atoms with Gasteiger partial charge in [0.05, 0.1) is 17.0 Å². The SMILES string of the molecule is C[C@@H]1CN(c2ccc([N+](=O)[O-])cn2)C[C@H](C)N1C(=O)O. The number of rotatable bonds is 2. The van der Waals surface area contributed by atoms with Gasteiger partial charge in [-0.1, -0.05) is 0 Å². The van der Waals surface area contributed by atoms with Crippen LogP contribution in [0.4, 0.5) is 16.3 Å². The van der Waals surface area contributed by atoms with Gasteiger partial charge in [-0.25, -0.2) is 9.78 Å². The van der Waals surface area contributed by atoms with E-state index in [0.29, 0.717) is 18.9 Å². The molecule has 0 spiro atoms. The van der Waals surface area contributed by atoms with Gasteiger partial charge < -0.3 is 10.0 Å². The molecule has 0 aliphatic carbocycles. The molecule has 8 nitrogen and oxygen atoms in total. The predicted molar refractivity (Wildman–Crippen MR) is 71.9 cm³/mol. The van der Waals surface area contributed by atoms with Crippen LogP contribution in [-0.2, 0) is 0 Å². The van der Waals surface area contributed by atoms with Crippen LogP contribution in [0.3, 0.4) is 0 Å². The van der Waals surface area contributed by atoms with Crippen molar-refractivity contribution in [1.82, 2.24) is 9.88 Å². The first-order valence-electron chi connectivity index (χ1n) is 6.26. The molecule has 108 valence electrons. The van der Waals surface area contributed by atoms with Crippen LogP contribution >= 0.6 is 0 Å². The Morgan fingerprint density at radius 3 is 2.40 bits per heavy atom. The van der Waals surface area contributed by atoms with E-state index in [4.69, 9.17) is 5.11 Å². The molecule has 20 heavy (non-hydrogen) atoms. The number of pyridine rings is 1. The second-order valence-electron chi connectivity index (χ2n) is 4.92. The lowest BCUT2D eigenvalue weighted by Crippen LogP contribution is -2.58. The van der Waals surface area contributed by atoms with Crippen LogP contribution in [-0.4, -0.2) is 51.2 Å². The molecule has 2 rings (SSSR count). The third-order valence-electron chi connectivity index (χ3n) is 3.41. The van der Waals surface area contributed by atoms with Crippen molar-refractivity contribution in [3.63, 3.8) is 0 Å². The summed E-state index contributed by atoms with van der Waals surface area (Å²) < 4.78 is 0. The van der Waals surface area contributed by atoms with Gasteiger partial charge in [0.1, 0.15) is 12.0 Å². The van der Waals surface area contributed by atoms with Crippen molar-refractivity contribution in [3.05, 3.63) is 28.4 Å². The van der Waals surface area contributed by atoms with E-state index in [0.717, 1.165) is 0 Å². The molecule has 2 atom stereocenters. The number of amides is 1. The molecule has 8 heteroatoms. The third kappa shape index (κ3) is 2.63. The fourth-order valence-corrected chi connectivity index (χ4v) is 2.56. The van der Waals surface area contributed by atoms with Gasteiger partial charge in [0.15, 0.2) is 0 Å². The number of anilines is 1. The highest BCUT2D eigenvalue weighted by atomic mass is 16.6. The number of carboxylic acid groups (broad SMARTS) is 1. The van der Waals surface area contributed by atoms with Crippen LogP contribution in [0.2, 0.25) is 0 Å². The summed E-state index contributed by atoms with van der Waals surface area (Å²) in [6.45, 7) is 4.70. The number of nitro groups is 1. The molecule has 1 N–H and O–H groups in total. The Kier molecular flexibility index (Phi) is 3.73. The Morgan fingerprint density at radius 1 is 1.40 bits per heavy atom. The van der Waals surface area contributed by atoms with Crippen molar-refractivity contribution >= 4 is 17.6 Å². The molecule has 0 unspecified atom stereocenters. The van der Waals surface area contributed by atoms with Gasteiger partial charge in [0, 0.05) is 19.2 Å². The first-order chi connectivity index (χ1) is 9.40. The Hall–Kier alpha value is -2.38. The summed E-state index contributed by atoms with van der Waals surface area (Å²) in [5.41, 5.74) is -0.0565. The maximum atomic E-state index is 11.2. The zero-order chi connectivity index (χ0) is 14.9. The van der Waals surface area contributed by atoms with Crippen LogP contribution in [0.15, 0.2) is 18.3 Å². The zero-order valence-corrected chi connectivity index (χ0v) is 11.3. The van der Waals surface area contributed by atoms with Gasteiger partial charge in [-0.3, -0.25) is 15.0 Å². The third-order valence-corrected chi connectivity index (χ3v) is 3.41. The zero-order valence-electron chi connectivity index (χ0n) is 11.3. The fraction of sp³-hybridized carbons (Fsp3) is 0.500. The van der Waals surface area contributed by atoms with Gasteiger partial charge in [-0.2, -0.15) is 0 Å². The lowest BCUT2D eigenvalue weighted by molar-refractivity contribution is -0.385. The van der Waals surface area contributed by atoms with E-state index in [1.165, 1.54) is 17.2 Å². The minimum atomic E-state index is -0.929. The maximum Gasteiger partial charge on any atom is 0.407 e. The number of carbonyl (C=O) groups is 1. The summed E-state index contributed by atoms with van der Waals surface area (Å²) in [4.78, 5) is 28.7. The summed E-state index contributed by atoms with van der Waals surface area (Å²) >= 11 is 0. The summed E-state index contributed by atoms with van der Waals surface area (Å²) in [5.74, 6) is 0.624. The highest BCUT2D eigenvalue weighted by molar-refractivity contribution is 5.66. The summed E-state index contributed by atoms with van der Waals surface area (Å²) in [7, 11) is 0.